The fourth-order valence-corrected chi connectivity index (χ4v) is 2.25. The molecule has 0 unspecified atom stereocenters. The number of benzene rings is 2. The number of anilines is 2. The lowest BCUT2D eigenvalue weighted by Crippen LogP contribution is -2.13. The van der Waals surface area contributed by atoms with E-state index in [1.54, 1.807) is 18.2 Å². The van der Waals surface area contributed by atoms with E-state index in [1.807, 2.05) is 13.0 Å². The summed E-state index contributed by atoms with van der Waals surface area (Å²) in [5.74, 6) is 0.256. The van der Waals surface area contributed by atoms with Gasteiger partial charge in [-0.1, -0.05) is 35.3 Å². The van der Waals surface area contributed by atoms with E-state index in [4.69, 9.17) is 33.7 Å². The van der Waals surface area contributed by atoms with Crippen molar-refractivity contribution in [2.24, 2.45) is 0 Å². The minimum Gasteiger partial charge on any atom is -0.492 e. The second-order valence-corrected chi connectivity index (χ2v) is 5.05. The van der Waals surface area contributed by atoms with Crippen LogP contribution in [0.5, 0.6) is 5.75 Å². The van der Waals surface area contributed by atoms with Crippen molar-refractivity contribution in [3.05, 3.63) is 52.0 Å². The van der Waals surface area contributed by atoms with Gasteiger partial charge in [0.2, 0.25) is 0 Å². The normalized spacial score (nSPS) is 10.2. The first kappa shape index (κ1) is 15.5. The van der Waals surface area contributed by atoms with Crippen molar-refractivity contribution in [2.45, 2.75) is 6.92 Å². The highest BCUT2D eigenvalue weighted by molar-refractivity contribution is 6.39. The second-order valence-electron chi connectivity index (χ2n) is 4.24. The van der Waals surface area contributed by atoms with Gasteiger partial charge in [0.25, 0.3) is 5.91 Å². The SMILES string of the molecule is CCOc1ccccc1NC(=O)c1cc(Cl)c(N)c(Cl)c1. The second kappa shape index (κ2) is 6.70. The monoisotopic (exact) mass is 324 g/mol. The van der Waals surface area contributed by atoms with Crippen molar-refractivity contribution in [1.82, 2.24) is 0 Å². The summed E-state index contributed by atoms with van der Waals surface area (Å²) in [5, 5.41) is 3.25. The number of hydrogen-bond acceptors (Lipinski definition) is 3. The minimum absolute atomic E-state index is 0.241. The van der Waals surface area contributed by atoms with Crippen LogP contribution in [0.1, 0.15) is 17.3 Å². The zero-order chi connectivity index (χ0) is 15.4. The molecule has 0 fully saturated rings. The summed E-state index contributed by atoms with van der Waals surface area (Å²) in [6, 6.07) is 10.1. The van der Waals surface area contributed by atoms with Gasteiger partial charge in [-0.2, -0.15) is 0 Å². The lowest BCUT2D eigenvalue weighted by atomic mass is 10.2. The number of carbonyl (C=O) groups is 1. The summed E-state index contributed by atoms with van der Waals surface area (Å²) in [6.07, 6.45) is 0. The Kier molecular flexibility index (Phi) is 4.94. The third-order valence-electron chi connectivity index (χ3n) is 2.78. The molecule has 110 valence electrons. The Bertz CT molecular complexity index is 651. The third-order valence-corrected chi connectivity index (χ3v) is 3.40. The van der Waals surface area contributed by atoms with Crippen LogP contribution in [0.25, 0.3) is 0 Å². The summed E-state index contributed by atoms with van der Waals surface area (Å²) in [4.78, 5) is 12.3. The van der Waals surface area contributed by atoms with E-state index in [0.29, 0.717) is 23.6 Å². The number of hydrogen-bond donors (Lipinski definition) is 2. The molecule has 0 aliphatic carbocycles. The zero-order valence-electron chi connectivity index (χ0n) is 11.3. The summed E-state index contributed by atoms with van der Waals surface area (Å²) < 4.78 is 5.45. The van der Waals surface area contributed by atoms with Crippen LogP contribution in [-0.4, -0.2) is 12.5 Å². The number of para-hydroxylation sites is 2. The highest BCUT2D eigenvalue weighted by atomic mass is 35.5. The Labute approximate surface area is 132 Å². The van der Waals surface area contributed by atoms with Gasteiger partial charge < -0.3 is 15.8 Å². The fraction of sp³-hybridized carbons (Fsp3) is 0.133. The highest BCUT2D eigenvalue weighted by Crippen LogP contribution is 2.30. The lowest BCUT2D eigenvalue weighted by molar-refractivity contribution is 0.102. The molecule has 0 bridgehead atoms. The predicted octanol–water partition coefficient (Wildman–Crippen LogP) is 4.23. The lowest BCUT2D eigenvalue weighted by Gasteiger charge is -2.12. The van der Waals surface area contributed by atoms with Crippen LogP contribution in [0.15, 0.2) is 36.4 Å². The van der Waals surface area contributed by atoms with Gasteiger partial charge in [0.1, 0.15) is 5.75 Å². The van der Waals surface area contributed by atoms with E-state index >= 15 is 0 Å². The van der Waals surface area contributed by atoms with Gasteiger partial charge in [0.15, 0.2) is 0 Å². The highest BCUT2D eigenvalue weighted by Gasteiger charge is 2.13. The molecule has 0 atom stereocenters. The van der Waals surface area contributed by atoms with Gasteiger partial charge in [-0.3, -0.25) is 4.79 Å². The quantitative estimate of drug-likeness (QED) is 0.827. The Hall–Kier alpha value is -1.91. The van der Waals surface area contributed by atoms with E-state index in [-0.39, 0.29) is 21.6 Å². The average Bonchev–Trinajstić information content (AvgIpc) is 2.46. The molecule has 21 heavy (non-hydrogen) atoms. The van der Waals surface area contributed by atoms with Crippen molar-refractivity contribution in [3.63, 3.8) is 0 Å². The number of nitrogens with two attached hydrogens (primary N) is 1. The Balaban J connectivity index is 2.26. The molecular weight excluding hydrogens is 311 g/mol. The van der Waals surface area contributed by atoms with Crippen LogP contribution < -0.4 is 15.8 Å². The standard InChI is InChI=1S/C15H14Cl2N2O2/c1-2-21-13-6-4-3-5-12(13)19-15(20)9-7-10(16)14(18)11(17)8-9/h3-8H,2,18H2,1H3,(H,19,20). The van der Waals surface area contributed by atoms with Gasteiger partial charge in [0.05, 0.1) is 28.0 Å². The summed E-state index contributed by atoms with van der Waals surface area (Å²) >= 11 is 11.9. The van der Waals surface area contributed by atoms with Gasteiger partial charge >= 0.3 is 0 Å². The van der Waals surface area contributed by atoms with Gasteiger partial charge in [-0.05, 0) is 31.2 Å². The maximum absolute atomic E-state index is 12.3. The largest absolute Gasteiger partial charge is 0.492 e. The van der Waals surface area contributed by atoms with Gasteiger partial charge in [-0.25, -0.2) is 0 Å². The van der Waals surface area contributed by atoms with Crippen LogP contribution in [-0.2, 0) is 0 Å². The molecular formula is C15H14Cl2N2O2. The first-order valence-corrected chi connectivity index (χ1v) is 7.06. The molecule has 3 N–H and O–H groups in total. The van der Waals surface area contributed by atoms with E-state index in [1.165, 1.54) is 12.1 Å². The summed E-state index contributed by atoms with van der Waals surface area (Å²) in [6.45, 7) is 2.38. The molecule has 2 aromatic rings. The molecule has 1 amide bonds. The maximum atomic E-state index is 12.3. The topological polar surface area (TPSA) is 64.3 Å². The molecule has 0 aliphatic heterocycles. The molecule has 0 radical (unpaired) electrons. The number of amides is 1. The summed E-state index contributed by atoms with van der Waals surface area (Å²) in [7, 11) is 0. The molecule has 0 heterocycles. The van der Waals surface area contributed by atoms with Gasteiger partial charge in [-0.15, -0.1) is 0 Å². The first-order valence-electron chi connectivity index (χ1n) is 6.30. The maximum Gasteiger partial charge on any atom is 0.255 e. The molecule has 0 aromatic heterocycles. The van der Waals surface area contributed by atoms with E-state index in [2.05, 4.69) is 5.32 Å². The van der Waals surface area contributed by atoms with Crippen LogP contribution in [0.2, 0.25) is 10.0 Å². The Morgan fingerprint density at radius 2 is 1.86 bits per heavy atom. The Morgan fingerprint density at radius 1 is 1.24 bits per heavy atom. The fourth-order valence-electron chi connectivity index (χ4n) is 1.76. The summed E-state index contributed by atoms with van der Waals surface area (Å²) in [5.41, 5.74) is 6.81. The molecule has 0 saturated heterocycles. The minimum atomic E-state index is -0.342. The van der Waals surface area contributed by atoms with Crippen molar-refractivity contribution in [1.29, 1.82) is 0 Å². The number of carbonyl (C=O) groups excluding carboxylic acids is 1. The van der Waals surface area contributed by atoms with Crippen LogP contribution in [0, 0.1) is 0 Å². The molecule has 0 aliphatic rings. The Morgan fingerprint density at radius 3 is 2.48 bits per heavy atom. The van der Waals surface area contributed by atoms with E-state index in [9.17, 15) is 4.79 Å². The predicted molar refractivity (Wildman–Crippen MR) is 86.4 cm³/mol. The molecule has 4 nitrogen and oxygen atoms in total. The first-order chi connectivity index (χ1) is 10.0. The van der Waals surface area contributed by atoms with Crippen LogP contribution in [0.3, 0.4) is 0 Å². The number of ether oxygens (including phenoxy) is 1. The third kappa shape index (κ3) is 3.60. The van der Waals surface area contributed by atoms with Crippen molar-refractivity contribution >= 4 is 40.5 Å². The number of nitrogen functional groups attached to an aromatic ring is 1. The van der Waals surface area contributed by atoms with Crippen molar-refractivity contribution in [3.8, 4) is 5.75 Å². The van der Waals surface area contributed by atoms with Crippen molar-refractivity contribution < 1.29 is 9.53 Å². The van der Waals surface area contributed by atoms with Crippen LogP contribution >= 0.6 is 23.2 Å². The molecule has 0 saturated carbocycles. The van der Waals surface area contributed by atoms with E-state index < -0.39 is 0 Å². The van der Waals surface area contributed by atoms with Crippen molar-refractivity contribution in [2.75, 3.05) is 17.7 Å². The van der Waals surface area contributed by atoms with Gasteiger partial charge in [0, 0.05) is 5.56 Å². The molecule has 2 aromatic carbocycles. The zero-order valence-corrected chi connectivity index (χ0v) is 12.8. The molecule has 6 heteroatoms. The average molecular weight is 325 g/mol. The van der Waals surface area contributed by atoms with Crippen LogP contribution in [0.4, 0.5) is 11.4 Å². The smallest absolute Gasteiger partial charge is 0.255 e. The molecule has 0 spiro atoms. The number of halogens is 2. The number of rotatable bonds is 4. The molecule has 2 rings (SSSR count). The number of nitrogens with one attached hydrogen (secondary N) is 1. The van der Waals surface area contributed by atoms with E-state index in [0.717, 1.165) is 0 Å².